The van der Waals surface area contributed by atoms with Crippen LogP contribution in [0.4, 0.5) is 4.39 Å². The fourth-order valence-corrected chi connectivity index (χ4v) is 2.75. The van der Waals surface area contributed by atoms with Crippen molar-refractivity contribution in [2.45, 2.75) is 25.8 Å². The van der Waals surface area contributed by atoms with Crippen molar-refractivity contribution in [3.8, 4) is 0 Å². The van der Waals surface area contributed by atoms with Gasteiger partial charge < -0.3 is 11.1 Å². The quantitative estimate of drug-likeness (QED) is 0.821. The third kappa shape index (κ3) is 4.62. The summed E-state index contributed by atoms with van der Waals surface area (Å²) in [6.07, 6.45) is 0. The summed E-state index contributed by atoms with van der Waals surface area (Å²) in [7, 11) is 0. The summed E-state index contributed by atoms with van der Waals surface area (Å²) >= 11 is 3.19. The Morgan fingerprint density at radius 3 is 2.35 bits per heavy atom. The van der Waals surface area contributed by atoms with Gasteiger partial charge in [0, 0.05) is 17.1 Å². The molecule has 23 heavy (non-hydrogen) atoms. The normalized spacial score (nSPS) is 12.3. The van der Waals surface area contributed by atoms with E-state index in [-0.39, 0.29) is 11.9 Å². The van der Waals surface area contributed by atoms with Crippen LogP contribution >= 0.6 is 15.9 Å². The summed E-state index contributed by atoms with van der Waals surface area (Å²) < 4.78 is 13.5. The van der Waals surface area contributed by atoms with E-state index in [1.54, 1.807) is 0 Å². The Kier molecular flexibility index (Phi) is 5.91. The van der Waals surface area contributed by atoms with E-state index in [1.165, 1.54) is 23.8 Å². The average molecular weight is 379 g/mol. The molecular weight excluding hydrogens is 359 g/mol. The van der Waals surface area contributed by atoms with E-state index in [0.717, 1.165) is 5.56 Å². The van der Waals surface area contributed by atoms with Crippen LogP contribution in [0.15, 0.2) is 46.9 Å². The molecule has 0 heterocycles. The summed E-state index contributed by atoms with van der Waals surface area (Å²) in [5.74, 6) is -0.211. The maximum Gasteiger partial charge on any atom is 0.252 e. The fraction of sp³-hybridized carbons (Fsp3) is 0.278. The number of nitrogens with two attached hydrogens (primary N) is 1. The zero-order valence-electron chi connectivity index (χ0n) is 13.1. The maximum absolute atomic E-state index is 13.1. The number of carbonyl (C=O) groups excluding carboxylic acids is 1. The summed E-state index contributed by atoms with van der Waals surface area (Å²) in [5.41, 5.74) is 8.72. The highest BCUT2D eigenvalue weighted by Crippen LogP contribution is 2.19. The lowest BCUT2D eigenvalue weighted by atomic mass is 9.99. The van der Waals surface area contributed by atoms with Gasteiger partial charge in [-0.1, -0.05) is 38.1 Å². The number of hydrogen-bond donors (Lipinski definition) is 2. The van der Waals surface area contributed by atoms with Crippen molar-refractivity contribution >= 4 is 21.8 Å². The van der Waals surface area contributed by atoms with Crippen LogP contribution in [0.5, 0.6) is 0 Å². The topological polar surface area (TPSA) is 55.1 Å². The Labute approximate surface area is 144 Å². The third-order valence-electron chi connectivity index (χ3n) is 3.69. The molecule has 1 unspecified atom stereocenters. The molecule has 0 radical (unpaired) electrons. The van der Waals surface area contributed by atoms with E-state index in [2.05, 4.69) is 47.2 Å². The Hall–Kier alpha value is -1.72. The molecular formula is C18H20BrFN2O. The zero-order valence-corrected chi connectivity index (χ0v) is 14.7. The highest BCUT2D eigenvalue weighted by Gasteiger charge is 2.13. The van der Waals surface area contributed by atoms with Gasteiger partial charge in [0.1, 0.15) is 5.82 Å². The molecule has 2 rings (SSSR count). The SMILES string of the molecule is CC(C)c1ccc(C(N)CNC(=O)c2ccc(F)cc2Br)cc1. The number of rotatable bonds is 5. The van der Waals surface area contributed by atoms with Crippen LogP contribution < -0.4 is 11.1 Å². The maximum atomic E-state index is 13.1. The van der Waals surface area contributed by atoms with Crippen molar-refractivity contribution in [2.75, 3.05) is 6.54 Å². The highest BCUT2D eigenvalue weighted by molar-refractivity contribution is 9.10. The van der Waals surface area contributed by atoms with Crippen LogP contribution in [0.1, 0.15) is 47.3 Å². The van der Waals surface area contributed by atoms with Crippen LogP contribution in [0.3, 0.4) is 0 Å². The second-order valence-corrected chi connectivity index (χ2v) is 6.62. The molecule has 0 spiro atoms. The number of benzene rings is 2. The highest BCUT2D eigenvalue weighted by atomic mass is 79.9. The first-order chi connectivity index (χ1) is 10.9. The lowest BCUT2D eigenvalue weighted by Crippen LogP contribution is -2.32. The van der Waals surface area contributed by atoms with Gasteiger partial charge in [-0.15, -0.1) is 0 Å². The molecule has 1 atom stereocenters. The van der Waals surface area contributed by atoms with Crippen molar-refractivity contribution in [1.82, 2.24) is 5.32 Å². The molecule has 1 amide bonds. The Bertz CT molecular complexity index is 686. The first-order valence-corrected chi connectivity index (χ1v) is 8.26. The summed E-state index contributed by atoms with van der Waals surface area (Å²) in [6, 6.07) is 11.7. The monoisotopic (exact) mass is 378 g/mol. The second kappa shape index (κ2) is 7.70. The van der Waals surface area contributed by atoms with Gasteiger partial charge in [0.2, 0.25) is 0 Å². The summed E-state index contributed by atoms with van der Waals surface area (Å²) in [5, 5.41) is 2.78. The van der Waals surface area contributed by atoms with Gasteiger partial charge in [0.25, 0.3) is 5.91 Å². The standard InChI is InChI=1S/C18H20BrFN2O/c1-11(2)12-3-5-13(6-4-12)17(21)10-22-18(23)15-8-7-14(20)9-16(15)19/h3-9,11,17H,10,21H2,1-2H3,(H,22,23). The van der Waals surface area contributed by atoms with E-state index >= 15 is 0 Å². The molecule has 0 saturated heterocycles. The molecule has 0 fully saturated rings. The molecule has 2 aromatic carbocycles. The van der Waals surface area contributed by atoms with Gasteiger partial charge in [-0.25, -0.2) is 4.39 Å². The molecule has 0 bridgehead atoms. The second-order valence-electron chi connectivity index (χ2n) is 5.76. The number of halogens is 2. The number of nitrogens with one attached hydrogen (secondary N) is 1. The average Bonchev–Trinajstić information content (AvgIpc) is 2.52. The zero-order chi connectivity index (χ0) is 17.0. The molecule has 3 nitrogen and oxygen atoms in total. The Balaban J connectivity index is 1.98. The Morgan fingerprint density at radius 2 is 1.78 bits per heavy atom. The van der Waals surface area contributed by atoms with Crippen molar-refractivity contribution in [3.05, 3.63) is 69.4 Å². The van der Waals surface area contributed by atoms with Gasteiger partial charge in [0.15, 0.2) is 0 Å². The van der Waals surface area contributed by atoms with Gasteiger partial charge in [-0.05, 0) is 51.2 Å². The smallest absolute Gasteiger partial charge is 0.252 e. The molecule has 0 aliphatic carbocycles. The number of carbonyl (C=O) groups is 1. The minimum atomic E-state index is -0.393. The van der Waals surface area contributed by atoms with Crippen molar-refractivity contribution < 1.29 is 9.18 Å². The molecule has 0 aliphatic rings. The van der Waals surface area contributed by atoms with Crippen LogP contribution in [0.25, 0.3) is 0 Å². The van der Waals surface area contributed by atoms with Gasteiger partial charge >= 0.3 is 0 Å². The van der Waals surface area contributed by atoms with E-state index in [4.69, 9.17) is 5.73 Å². The van der Waals surface area contributed by atoms with Crippen molar-refractivity contribution in [2.24, 2.45) is 5.73 Å². The number of hydrogen-bond acceptors (Lipinski definition) is 2. The van der Waals surface area contributed by atoms with E-state index in [1.807, 2.05) is 12.1 Å². The minimum absolute atomic E-state index is 0.286. The molecule has 0 aromatic heterocycles. The summed E-state index contributed by atoms with van der Waals surface area (Å²) in [4.78, 5) is 12.1. The molecule has 2 aromatic rings. The molecule has 3 N–H and O–H groups in total. The third-order valence-corrected chi connectivity index (χ3v) is 4.35. The largest absolute Gasteiger partial charge is 0.350 e. The van der Waals surface area contributed by atoms with Gasteiger partial charge in [0.05, 0.1) is 5.56 Å². The predicted octanol–water partition coefficient (Wildman–Crippen LogP) is 4.14. The Morgan fingerprint density at radius 1 is 1.17 bits per heavy atom. The first kappa shape index (κ1) is 17.6. The van der Waals surface area contributed by atoms with Crippen LogP contribution in [0.2, 0.25) is 0 Å². The lowest BCUT2D eigenvalue weighted by molar-refractivity contribution is 0.0950. The van der Waals surface area contributed by atoms with Gasteiger partial charge in [-0.3, -0.25) is 4.79 Å². The first-order valence-electron chi connectivity index (χ1n) is 7.47. The number of amides is 1. The minimum Gasteiger partial charge on any atom is -0.350 e. The van der Waals surface area contributed by atoms with Crippen LogP contribution in [0, 0.1) is 5.82 Å². The van der Waals surface area contributed by atoms with E-state index < -0.39 is 5.82 Å². The van der Waals surface area contributed by atoms with Crippen LogP contribution in [-0.2, 0) is 0 Å². The fourth-order valence-electron chi connectivity index (χ4n) is 2.22. The summed E-state index contributed by atoms with van der Waals surface area (Å²) in [6.45, 7) is 4.58. The molecule has 5 heteroatoms. The van der Waals surface area contributed by atoms with E-state index in [9.17, 15) is 9.18 Å². The predicted molar refractivity (Wildman–Crippen MR) is 93.9 cm³/mol. The lowest BCUT2D eigenvalue weighted by Gasteiger charge is -2.15. The molecule has 0 saturated carbocycles. The van der Waals surface area contributed by atoms with Crippen molar-refractivity contribution in [3.63, 3.8) is 0 Å². The van der Waals surface area contributed by atoms with Crippen molar-refractivity contribution in [1.29, 1.82) is 0 Å². The molecule has 0 aliphatic heterocycles. The van der Waals surface area contributed by atoms with Crippen LogP contribution in [-0.4, -0.2) is 12.5 Å². The molecule has 122 valence electrons. The van der Waals surface area contributed by atoms with Gasteiger partial charge in [-0.2, -0.15) is 0 Å². The van der Waals surface area contributed by atoms with E-state index in [0.29, 0.717) is 22.5 Å².